The molecule has 11 rings (SSSR count). The van der Waals surface area contributed by atoms with Gasteiger partial charge in [-0.05, 0) is 50.4 Å². The molecule has 2 heterocycles. The minimum absolute atomic E-state index is 0.869. The quantitative estimate of drug-likeness (QED) is 0.136. The first kappa shape index (κ1) is 28.6. The summed E-state index contributed by atoms with van der Waals surface area (Å²) >= 11 is 0. The highest BCUT2D eigenvalue weighted by atomic mass is 31.2. The molecule has 1 aromatic heterocycles. The van der Waals surface area contributed by atoms with Crippen molar-refractivity contribution >= 4 is 77.2 Å². The molecule has 0 amide bonds. The summed E-state index contributed by atoms with van der Waals surface area (Å²) in [5, 5.41) is 12.3. The second kappa shape index (κ2) is 10.6. The average Bonchev–Trinajstić information content (AvgIpc) is 3.67. The molecule has 0 bridgehead atoms. The van der Waals surface area contributed by atoms with Gasteiger partial charge in [0.25, 0.3) is 0 Å². The molecule has 1 aliphatic heterocycles. The summed E-state index contributed by atoms with van der Waals surface area (Å²) in [4.78, 5) is 0. The average molecular weight is 668 g/mol. The van der Waals surface area contributed by atoms with Gasteiger partial charge in [0, 0.05) is 43.0 Å². The molecule has 0 aliphatic carbocycles. The van der Waals surface area contributed by atoms with Gasteiger partial charge in [0.1, 0.15) is 0 Å². The highest BCUT2D eigenvalue weighted by molar-refractivity contribution is 7.86. The third kappa shape index (κ3) is 3.80. The van der Waals surface area contributed by atoms with Crippen molar-refractivity contribution in [2.45, 2.75) is 0 Å². The lowest BCUT2D eigenvalue weighted by atomic mass is 9.88. The molecule has 10 aromatic rings. The Labute approximate surface area is 295 Å². The SMILES string of the molecule is O=P1(c2ccccc2)c2ccccc2-c2c1ccc1c3ccccc3n(-c3c4ccccc4c(-c4cccc5ccccc45)c4ccccc34)c21. The molecule has 0 saturated heterocycles. The van der Waals surface area contributed by atoms with E-state index in [0.29, 0.717) is 0 Å². The Morgan fingerprint density at radius 1 is 0.373 bits per heavy atom. The topological polar surface area (TPSA) is 22.0 Å². The number of hydrogen-bond donors (Lipinski definition) is 0. The van der Waals surface area contributed by atoms with Crippen molar-refractivity contribution in [1.82, 2.24) is 4.57 Å². The van der Waals surface area contributed by atoms with Gasteiger partial charge in [0.05, 0.1) is 16.7 Å². The summed E-state index contributed by atoms with van der Waals surface area (Å²) in [6, 6.07) is 64.5. The number of hydrogen-bond acceptors (Lipinski definition) is 1. The maximum atomic E-state index is 15.7. The van der Waals surface area contributed by atoms with Crippen LogP contribution >= 0.6 is 7.14 Å². The fourth-order valence-electron chi connectivity index (χ4n) is 8.89. The first-order valence-corrected chi connectivity index (χ1v) is 19.2. The van der Waals surface area contributed by atoms with Crippen LogP contribution in [0.4, 0.5) is 0 Å². The van der Waals surface area contributed by atoms with Crippen LogP contribution in [0.1, 0.15) is 0 Å². The number of nitrogens with zero attached hydrogens (tertiary/aromatic N) is 1. The second-order valence-electron chi connectivity index (χ2n) is 13.5. The maximum Gasteiger partial charge on any atom is 0.172 e. The van der Waals surface area contributed by atoms with Crippen LogP contribution < -0.4 is 15.9 Å². The van der Waals surface area contributed by atoms with E-state index in [1.807, 2.05) is 36.4 Å². The lowest BCUT2D eigenvalue weighted by Gasteiger charge is -2.21. The Kier molecular flexibility index (Phi) is 5.97. The molecule has 0 fully saturated rings. The first-order chi connectivity index (χ1) is 25.2. The zero-order valence-corrected chi connectivity index (χ0v) is 28.5. The summed E-state index contributed by atoms with van der Waals surface area (Å²) in [5.74, 6) is 0. The van der Waals surface area contributed by atoms with Gasteiger partial charge in [-0.15, -0.1) is 0 Å². The minimum Gasteiger partial charge on any atom is -0.309 e. The van der Waals surface area contributed by atoms with Crippen molar-refractivity contribution in [1.29, 1.82) is 0 Å². The molecule has 1 atom stereocenters. The van der Waals surface area contributed by atoms with Crippen LogP contribution in [0, 0.1) is 0 Å². The molecule has 0 radical (unpaired) electrons. The number of fused-ring (bicyclic) bond motifs is 10. The molecular weight excluding hydrogens is 638 g/mol. The fourth-order valence-corrected chi connectivity index (χ4v) is 11.9. The number of aromatic nitrogens is 1. The van der Waals surface area contributed by atoms with Gasteiger partial charge in [0.2, 0.25) is 0 Å². The first-order valence-electron chi connectivity index (χ1n) is 17.5. The Bertz CT molecular complexity index is 3060. The van der Waals surface area contributed by atoms with Gasteiger partial charge in [-0.3, -0.25) is 0 Å². The monoisotopic (exact) mass is 667 g/mol. The van der Waals surface area contributed by atoms with E-state index in [-0.39, 0.29) is 0 Å². The molecule has 51 heavy (non-hydrogen) atoms. The van der Waals surface area contributed by atoms with Crippen LogP contribution in [0.25, 0.3) is 82.1 Å². The zero-order chi connectivity index (χ0) is 33.7. The van der Waals surface area contributed by atoms with Crippen LogP contribution in [0.2, 0.25) is 0 Å². The van der Waals surface area contributed by atoms with Crippen molar-refractivity contribution in [2.75, 3.05) is 0 Å². The van der Waals surface area contributed by atoms with E-state index < -0.39 is 7.14 Å². The molecule has 0 N–H and O–H groups in total. The maximum absolute atomic E-state index is 15.7. The third-order valence-electron chi connectivity index (χ3n) is 11.0. The minimum atomic E-state index is -3.14. The molecule has 1 aliphatic rings. The molecule has 9 aromatic carbocycles. The lowest BCUT2D eigenvalue weighted by molar-refractivity contribution is 0.593. The van der Waals surface area contributed by atoms with Crippen LogP contribution in [0.3, 0.4) is 0 Å². The fraction of sp³-hybridized carbons (Fsp3) is 0. The van der Waals surface area contributed by atoms with E-state index in [0.717, 1.165) is 49.1 Å². The smallest absolute Gasteiger partial charge is 0.172 e. The van der Waals surface area contributed by atoms with Crippen molar-refractivity contribution < 1.29 is 4.57 Å². The van der Waals surface area contributed by atoms with Crippen molar-refractivity contribution in [3.8, 4) is 27.9 Å². The van der Waals surface area contributed by atoms with Gasteiger partial charge in [-0.25, -0.2) is 0 Å². The summed E-state index contributed by atoms with van der Waals surface area (Å²) in [6.07, 6.45) is 0. The van der Waals surface area contributed by atoms with E-state index in [9.17, 15) is 0 Å². The van der Waals surface area contributed by atoms with E-state index in [4.69, 9.17) is 0 Å². The summed E-state index contributed by atoms with van der Waals surface area (Å²) in [7, 11) is -3.14. The standard InChI is InChI=1S/C48H30NOP/c50-51(32-17-2-1-3-18-32)43-28-13-11-25-41(43)46-44(51)30-29-40-34-20-10-12-27-42(34)49(48(40)46)47-38-23-8-6-21-36(38)45(37-22-7-9-24-39(37)47)35-26-14-16-31-15-4-5-19-33(31)35/h1-30H. The van der Waals surface area contributed by atoms with Crippen LogP contribution in [-0.4, -0.2) is 4.57 Å². The van der Waals surface area contributed by atoms with Gasteiger partial charge in [-0.2, -0.15) is 0 Å². The Morgan fingerprint density at radius 2 is 0.941 bits per heavy atom. The Hall–Kier alpha value is -6.21. The van der Waals surface area contributed by atoms with Crippen LogP contribution in [0.15, 0.2) is 182 Å². The number of rotatable bonds is 3. The van der Waals surface area contributed by atoms with Gasteiger partial charge in [0.15, 0.2) is 7.14 Å². The van der Waals surface area contributed by atoms with Gasteiger partial charge in [-0.1, -0.05) is 170 Å². The Balaban J connectivity index is 1.35. The van der Waals surface area contributed by atoms with Crippen molar-refractivity contribution in [3.63, 3.8) is 0 Å². The summed E-state index contributed by atoms with van der Waals surface area (Å²) in [5.41, 5.74) is 7.97. The molecular formula is C48H30NOP. The Morgan fingerprint density at radius 3 is 1.71 bits per heavy atom. The van der Waals surface area contributed by atoms with Crippen molar-refractivity contribution in [2.24, 2.45) is 0 Å². The van der Waals surface area contributed by atoms with E-state index in [1.54, 1.807) is 0 Å². The molecule has 2 nitrogen and oxygen atoms in total. The molecule has 0 saturated carbocycles. The predicted octanol–water partition coefficient (Wildman–Crippen LogP) is 11.5. The van der Waals surface area contributed by atoms with E-state index >= 15 is 4.57 Å². The van der Waals surface area contributed by atoms with Crippen LogP contribution in [-0.2, 0) is 4.57 Å². The van der Waals surface area contributed by atoms with Gasteiger partial charge >= 0.3 is 0 Å². The van der Waals surface area contributed by atoms with Crippen molar-refractivity contribution in [3.05, 3.63) is 182 Å². The second-order valence-corrected chi connectivity index (χ2v) is 16.2. The lowest BCUT2D eigenvalue weighted by Crippen LogP contribution is -2.20. The molecule has 3 heteroatoms. The highest BCUT2D eigenvalue weighted by Crippen LogP contribution is 2.55. The summed E-state index contributed by atoms with van der Waals surface area (Å²) in [6.45, 7) is 0. The molecule has 0 spiro atoms. The van der Waals surface area contributed by atoms with E-state index in [2.05, 4.69) is 150 Å². The largest absolute Gasteiger partial charge is 0.309 e. The molecule has 1 unspecified atom stereocenters. The third-order valence-corrected chi connectivity index (χ3v) is 14.1. The highest BCUT2D eigenvalue weighted by Gasteiger charge is 2.42. The number of para-hydroxylation sites is 1. The van der Waals surface area contributed by atoms with E-state index in [1.165, 1.54) is 48.8 Å². The van der Waals surface area contributed by atoms with Gasteiger partial charge < -0.3 is 9.13 Å². The summed E-state index contributed by atoms with van der Waals surface area (Å²) < 4.78 is 18.2. The zero-order valence-electron chi connectivity index (χ0n) is 27.6. The van der Waals surface area contributed by atoms with Crippen LogP contribution in [0.5, 0.6) is 0 Å². The normalized spacial score (nSPS) is 15.2. The predicted molar refractivity (Wildman–Crippen MR) is 217 cm³/mol. The number of benzene rings is 9. The molecule has 238 valence electrons.